The Labute approximate surface area is 110 Å². The zero-order chi connectivity index (χ0) is 12.1. The van der Waals surface area contributed by atoms with Crippen molar-refractivity contribution >= 4 is 11.6 Å². The van der Waals surface area contributed by atoms with E-state index in [-0.39, 0.29) is 0 Å². The summed E-state index contributed by atoms with van der Waals surface area (Å²) in [5, 5.41) is 0. The highest BCUT2D eigenvalue weighted by Gasteiger charge is 2.19. The molecule has 1 fully saturated rings. The second-order valence-electron chi connectivity index (χ2n) is 5.11. The van der Waals surface area contributed by atoms with E-state index in [2.05, 4.69) is 36.1 Å². The highest BCUT2D eigenvalue weighted by molar-refractivity contribution is 6.18. The molecule has 0 saturated carbocycles. The fourth-order valence-corrected chi connectivity index (χ4v) is 2.90. The van der Waals surface area contributed by atoms with Gasteiger partial charge in [0.25, 0.3) is 0 Å². The summed E-state index contributed by atoms with van der Waals surface area (Å²) in [6, 6.07) is 9.45. The van der Waals surface area contributed by atoms with Crippen LogP contribution in [0.25, 0.3) is 0 Å². The van der Waals surface area contributed by atoms with Crippen LogP contribution in [0.3, 0.4) is 0 Å². The van der Waals surface area contributed by atoms with Gasteiger partial charge in [0.05, 0.1) is 0 Å². The summed E-state index contributed by atoms with van der Waals surface area (Å²) in [4.78, 5) is 2.56. The normalized spacial score (nSPS) is 22.4. The third kappa shape index (κ3) is 3.72. The lowest BCUT2D eigenvalue weighted by Gasteiger charge is -2.28. The molecule has 1 aromatic carbocycles. The molecule has 1 nitrogen and oxygen atoms in total. The Morgan fingerprint density at radius 2 is 1.94 bits per heavy atom. The minimum atomic E-state index is 0.570. The number of nitrogens with zero attached hydrogens (tertiary/aromatic N) is 1. The molecule has 0 amide bonds. The van der Waals surface area contributed by atoms with Crippen LogP contribution in [0.1, 0.15) is 36.8 Å². The summed E-state index contributed by atoms with van der Waals surface area (Å²) in [7, 11) is 0. The van der Waals surface area contributed by atoms with Crippen molar-refractivity contribution in [1.82, 2.24) is 4.90 Å². The second kappa shape index (κ2) is 6.42. The summed E-state index contributed by atoms with van der Waals surface area (Å²) in [6.07, 6.45) is 5.27. The van der Waals surface area contributed by atoms with Crippen molar-refractivity contribution in [3.63, 3.8) is 0 Å². The highest BCUT2D eigenvalue weighted by Crippen LogP contribution is 2.20. The van der Waals surface area contributed by atoms with E-state index in [0.717, 1.165) is 12.4 Å². The highest BCUT2D eigenvalue weighted by atomic mass is 35.5. The summed E-state index contributed by atoms with van der Waals surface area (Å²) >= 11 is 6.10. The monoisotopic (exact) mass is 251 g/mol. The van der Waals surface area contributed by atoms with Crippen LogP contribution in [0.4, 0.5) is 0 Å². The number of aryl methyl sites for hydroxylation is 1. The number of rotatable bonds is 3. The molecule has 1 saturated heterocycles. The van der Waals surface area contributed by atoms with Crippen molar-refractivity contribution in [2.24, 2.45) is 0 Å². The van der Waals surface area contributed by atoms with Crippen molar-refractivity contribution in [3.8, 4) is 0 Å². The van der Waals surface area contributed by atoms with Crippen LogP contribution in [-0.2, 0) is 6.54 Å². The Morgan fingerprint density at radius 3 is 2.65 bits per heavy atom. The van der Waals surface area contributed by atoms with Gasteiger partial charge < -0.3 is 0 Å². The molecule has 2 heteroatoms. The number of likely N-dealkylation sites (tertiary alicyclic amines) is 1. The van der Waals surface area contributed by atoms with Crippen molar-refractivity contribution < 1.29 is 0 Å². The lowest BCUT2D eigenvalue weighted by Crippen LogP contribution is -2.35. The van der Waals surface area contributed by atoms with Gasteiger partial charge >= 0.3 is 0 Å². The minimum Gasteiger partial charge on any atom is -0.295 e. The predicted molar refractivity (Wildman–Crippen MR) is 74.6 cm³/mol. The molecule has 1 aliphatic rings. The van der Waals surface area contributed by atoms with Crippen LogP contribution >= 0.6 is 11.6 Å². The van der Waals surface area contributed by atoms with Crippen molar-refractivity contribution in [2.75, 3.05) is 12.4 Å². The fourth-order valence-electron chi connectivity index (χ4n) is 2.55. The molecule has 0 aromatic heterocycles. The number of benzene rings is 1. The van der Waals surface area contributed by atoms with E-state index in [1.165, 1.54) is 43.4 Å². The second-order valence-corrected chi connectivity index (χ2v) is 5.42. The maximum Gasteiger partial charge on any atom is 0.0379 e. The Kier molecular flexibility index (Phi) is 4.87. The Bertz CT molecular complexity index is 333. The average molecular weight is 252 g/mol. The van der Waals surface area contributed by atoms with Gasteiger partial charge in [-0.15, -0.1) is 11.6 Å². The molecule has 17 heavy (non-hydrogen) atoms. The molecule has 0 spiro atoms. The molecule has 94 valence electrons. The average Bonchev–Trinajstić information content (AvgIpc) is 2.57. The van der Waals surface area contributed by atoms with Crippen molar-refractivity contribution in [3.05, 3.63) is 35.4 Å². The van der Waals surface area contributed by atoms with Crippen LogP contribution in [0.2, 0.25) is 0 Å². The predicted octanol–water partition coefficient (Wildman–Crippen LogP) is 3.98. The first-order valence-corrected chi connectivity index (χ1v) is 7.18. The number of alkyl halides is 1. The van der Waals surface area contributed by atoms with Crippen molar-refractivity contribution in [2.45, 2.75) is 45.2 Å². The Balaban J connectivity index is 2.01. The van der Waals surface area contributed by atoms with Crippen LogP contribution in [0, 0.1) is 6.92 Å². The van der Waals surface area contributed by atoms with Gasteiger partial charge in [0, 0.05) is 18.5 Å². The maximum absolute atomic E-state index is 6.10. The first-order valence-electron chi connectivity index (χ1n) is 6.65. The van der Waals surface area contributed by atoms with Crippen LogP contribution in [0.15, 0.2) is 24.3 Å². The van der Waals surface area contributed by atoms with E-state index in [1.807, 2.05) is 0 Å². The molecule has 1 heterocycles. The molecule has 0 N–H and O–H groups in total. The molecule has 1 atom stereocenters. The molecule has 2 rings (SSSR count). The van der Waals surface area contributed by atoms with Gasteiger partial charge in [0.15, 0.2) is 0 Å². The van der Waals surface area contributed by atoms with Gasteiger partial charge in [-0.05, 0) is 31.9 Å². The van der Waals surface area contributed by atoms with Gasteiger partial charge in [-0.25, -0.2) is 0 Å². The van der Waals surface area contributed by atoms with E-state index in [1.54, 1.807) is 0 Å². The number of hydrogen-bond donors (Lipinski definition) is 0. The maximum atomic E-state index is 6.10. The summed E-state index contributed by atoms with van der Waals surface area (Å²) in [5.41, 5.74) is 2.74. The molecule has 1 aromatic rings. The number of hydrogen-bond acceptors (Lipinski definition) is 1. The van der Waals surface area contributed by atoms with Crippen LogP contribution in [-0.4, -0.2) is 23.4 Å². The van der Waals surface area contributed by atoms with E-state index in [0.29, 0.717) is 6.04 Å². The Morgan fingerprint density at radius 1 is 1.18 bits per heavy atom. The smallest absolute Gasteiger partial charge is 0.0379 e. The number of halogens is 1. The minimum absolute atomic E-state index is 0.570. The molecule has 0 aliphatic carbocycles. The quantitative estimate of drug-likeness (QED) is 0.735. The summed E-state index contributed by atoms with van der Waals surface area (Å²) < 4.78 is 0. The van der Waals surface area contributed by atoms with Crippen LogP contribution < -0.4 is 0 Å². The molecule has 0 bridgehead atoms. The van der Waals surface area contributed by atoms with Gasteiger partial charge in [-0.1, -0.05) is 42.7 Å². The van der Waals surface area contributed by atoms with E-state index >= 15 is 0 Å². The Hall–Kier alpha value is -0.530. The van der Waals surface area contributed by atoms with Gasteiger partial charge in [-0.2, -0.15) is 0 Å². The van der Waals surface area contributed by atoms with E-state index in [4.69, 9.17) is 11.6 Å². The van der Waals surface area contributed by atoms with E-state index < -0.39 is 0 Å². The molecular formula is C15H22ClN. The van der Waals surface area contributed by atoms with E-state index in [9.17, 15) is 0 Å². The molecule has 1 aliphatic heterocycles. The lowest BCUT2D eigenvalue weighted by molar-refractivity contribution is 0.207. The third-order valence-electron chi connectivity index (χ3n) is 3.68. The lowest BCUT2D eigenvalue weighted by atomic mass is 10.1. The zero-order valence-electron chi connectivity index (χ0n) is 10.7. The van der Waals surface area contributed by atoms with Gasteiger partial charge in [-0.3, -0.25) is 4.90 Å². The SMILES string of the molecule is Cc1ccc(CN2CCCCCC2CCl)cc1. The summed E-state index contributed by atoms with van der Waals surface area (Å²) in [5.74, 6) is 0.770. The van der Waals surface area contributed by atoms with Gasteiger partial charge in [0.2, 0.25) is 0 Å². The fraction of sp³-hybridized carbons (Fsp3) is 0.600. The zero-order valence-corrected chi connectivity index (χ0v) is 11.4. The molecular weight excluding hydrogens is 230 g/mol. The topological polar surface area (TPSA) is 3.24 Å². The standard InChI is InChI=1S/C15H22ClN/c1-13-6-8-14(9-7-13)12-17-10-4-2-3-5-15(17)11-16/h6-9,15H,2-5,10-12H2,1H3. The molecule has 1 unspecified atom stereocenters. The van der Waals surface area contributed by atoms with Crippen molar-refractivity contribution in [1.29, 1.82) is 0 Å². The first-order chi connectivity index (χ1) is 8.29. The van der Waals surface area contributed by atoms with Gasteiger partial charge in [0.1, 0.15) is 0 Å². The van der Waals surface area contributed by atoms with Crippen LogP contribution in [0.5, 0.6) is 0 Å². The summed E-state index contributed by atoms with van der Waals surface area (Å²) in [6.45, 7) is 4.39. The molecule has 0 radical (unpaired) electrons. The third-order valence-corrected chi connectivity index (χ3v) is 4.04. The largest absolute Gasteiger partial charge is 0.295 e. The first kappa shape index (κ1) is 12.9.